The van der Waals surface area contributed by atoms with Crippen LogP contribution in [0.5, 0.6) is 0 Å². The van der Waals surface area contributed by atoms with Crippen LogP contribution in [0.15, 0.2) is 413 Å². The van der Waals surface area contributed by atoms with Gasteiger partial charge in [0.25, 0.3) is 0 Å². The van der Waals surface area contributed by atoms with Crippen molar-refractivity contribution in [3.8, 4) is 129 Å². The van der Waals surface area contributed by atoms with Crippen LogP contribution in [-0.4, -0.2) is 18.3 Å². The molecule has 0 saturated carbocycles. The fourth-order valence-corrected chi connectivity index (χ4v) is 18.1. The summed E-state index contributed by atoms with van der Waals surface area (Å²) < 4.78 is 9.51. The lowest BCUT2D eigenvalue weighted by atomic mass is 9.95. The van der Waals surface area contributed by atoms with Crippen molar-refractivity contribution in [1.82, 2.24) is 18.3 Å². The minimum absolute atomic E-state index is 0.432. The lowest BCUT2D eigenvalue weighted by Gasteiger charge is -2.23. The molecule has 0 bridgehead atoms. The van der Waals surface area contributed by atoms with Gasteiger partial charge in [-0.05, 0) is 216 Å². The molecule has 0 aliphatic carbocycles. The first-order valence-corrected chi connectivity index (χ1v) is 39.4. The third-order valence-corrected chi connectivity index (χ3v) is 23.6. The minimum atomic E-state index is 0.432. The van der Waals surface area contributed by atoms with Crippen LogP contribution < -0.4 is 0 Å². The van der Waals surface area contributed by atoms with Gasteiger partial charge in [-0.1, -0.05) is 291 Å². The van der Waals surface area contributed by atoms with Crippen molar-refractivity contribution in [2.45, 2.75) is 0 Å². The number of aromatic nitrogens is 4. The molecule has 0 aliphatic rings. The average molecular weight is 1470 g/mol. The van der Waals surface area contributed by atoms with Crippen LogP contribution >= 0.6 is 0 Å². The van der Waals surface area contributed by atoms with Gasteiger partial charge in [-0.25, -0.2) is 4.85 Å². The van der Waals surface area contributed by atoms with Crippen molar-refractivity contribution in [2.24, 2.45) is 0 Å². The van der Waals surface area contributed by atoms with Gasteiger partial charge >= 0.3 is 0 Å². The Morgan fingerprint density at radius 2 is 0.379 bits per heavy atom. The molecule has 0 fully saturated rings. The summed E-state index contributed by atoms with van der Waals surface area (Å²) in [6.45, 7) is 9.81. The zero-order valence-corrected chi connectivity index (χ0v) is 62.9. The smallest absolute Gasteiger partial charge is 0.211 e. The third kappa shape index (κ3) is 11.2. The molecule has 0 aliphatic heterocycles. The van der Waals surface area contributed by atoms with E-state index in [9.17, 15) is 11.8 Å². The van der Waals surface area contributed by atoms with E-state index < -0.39 is 0 Å². The van der Waals surface area contributed by atoms with E-state index in [2.05, 4.69) is 437 Å². The largest absolute Gasteiger partial charge is 0.319 e. The molecule has 4 aromatic heterocycles. The molecule has 6 heteroatoms. The SMILES string of the molecule is [C-]#[N+]c1cc(-c2cc(C#N)c(-n3c4ccc(-c5ccccc5)cc4c4cc(-c5ccccc5)ccc43)cc2-n2c3ccc(-c4ccccc4)cc3c3cc(-c4ccccc4)ccc32)c(-n2c3ccc(-c4ccccc4)cc3c3cc(-c4ccccc4)ccc32)cc1-n1c2ccc(-c3ccccc3)cc2c2cc(-c3ccccc3)ccc21. The lowest BCUT2D eigenvalue weighted by molar-refractivity contribution is 1.12. The molecular formula is C110H68N6. The molecule has 0 spiro atoms. The quantitative estimate of drug-likeness (QED) is 0.106. The lowest BCUT2D eigenvalue weighted by Crippen LogP contribution is -2.07. The Kier molecular flexibility index (Phi) is 15.9. The highest BCUT2D eigenvalue weighted by molar-refractivity contribution is 6.17. The Balaban J connectivity index is 0.895. The molecule has 18 aromatic carbocycles. The Morgan fingerprint density at radius 1 is 0.190 bits per heavy atom. The molecule has 538 valence electrons. The second-order valence-electron chi connectivity index (χ2n) is 30.1. The summed E-state index contributed by atoms with van der Waals surface area (Å²) in [5.74, 6) is 0. The molecule has 0 unspecified atom stereocenters. The fraction of sp³-hybridized carbons (Fsp3) is 0. The molecule has 0 radical (unpaired) electrons. The highest BCUT2D eigenvalue weighted by Gasteiger charge is 2.29. The van der Waals surface area contributed by atoms with E-state index in [1.54, 1.807) is 0 Å². The van der Waals surface area contributed by atoms with Crippen LogP contribution in [0, 0.1) is 17.9 Å². The van der Waals surface area contributed by atoms with Gasteiger partial charge in [0.15, 0.2) is 0 Å². The van der Waals surface area contributed by atoms with Gasteiger partial charge in [0.1, 0.15) is 6.07 Å². The molecule has 0 N–H and O–H groups in total. The van der Waals surface area contributed by atoms with Gasteiger partial charge < -0.3 is 18.3 Å². The second kappa shape index (κ2) is 27.6. The number of fused-ring (bicyclic) bond motifs is 12. The van der Waals surface area contributed by atoms with E-state index in [1.807, 2.05) is 0 Å². The van der Waals surface area contributed by atoms with Crippen molar-refractivity contribution in [2.75, 3.05) is 0 Å². The molecule has 0 saturated heterocycles. The zero-order chi connectivity index (χ0) is 76.9. The number of hydrogen-bond donors (Lipinski definition) is 0. The van der Waals surface area contributed by atoms with E-state index in [0.29, 0.717) is 22.6 Å². The highest BCUT2D eigenvalue weighted by atomic mass is 15.0. The fourth-order valence-electron chi connectivity index (χ4n) is 18.1. The van der Waals surface area contributed by atoms with Crippen LogP contribution in [-0.2, 0) is 0 Å². The number of benzene rings is 18. The molecule has 0 amide bonds. The average Bonchev–Trinajstić information content (AvgIpc) is 1.55. The van der Waals surface area contributed by atoms with Gasteiger partial charge in [-0.3, -0.25) is 0 Å². The van der Waals surface area contributed by atoms with E-state index in [4.69, 9.17) is 4.85 Å². The Bertz CT molecular complexity index is 6930. The van der Waals surface area contributed by atoms with Crippen molar-refractivity contribution in [1.29, 1.82) is 5.26 Å². The predicted molar refractivity (Wildman–Crippen MR) is 484 cm³/mol. The summed E-state index contributed by atoms with van der Waals surface area (Å²) in [7, 11) is 0. The van der Waals surface area contributed by atoms with Gasteiger partial charge in [0.2, 0.25) is 5.69 Å². The second-order valence-corrected chi connectivity index (χ2v) is 30.1. The zero-order valence-electron chi connectivity index (χ0n) is 62.9. The number of nitrogens with zero attached hydrogens (tertiary/aromatic N) is 6. The van der Waals surface area contributed by atoms with Crippen LogP contribution in [0.25, 0.3) is 215 Å². The van der Waals surface area contributed by atoms with Crippen molar-refractivity contribution >= 4 is 92.9 Å². The number of rotatable bonds is 13. The number of hydrogen-bond acceptors (Lipinski definition) is 1. The van der Waals surface area contributed by atoms with E-state index >= 15 is 0 Å². The van der Waals surface area contributed by atoms with Gasteiger partial charge in [0, 0.05) is 48.7 Å². The first-order chi connectivity index (χ1) is 57.4. The van der Waals surface area contributed by atoms with Crippen LogP contribution in [0.1, 0.15) is 5.56 Å². The maximum absolute atomic E-state index is 12.6. The van der Waals surface area contributed by atoms with Crippen molar-refractivity contribution in [3.63, 3.8) is 0 Å². The number of nitriles is 1. The van der Waals surface area contributed by atoms with Crippen LogP contribution in [0.4, 0.5) is 5.69 Å². The summed E-state index contributed by atoms with van der Waals surface area (Å²) in [5, 5.41) is 21.1. The van der Waals surface area contributed by atoms with Crippen molar-refractivity contribution < 1.29 is 0 Å². The predicted octanol–water partition coefficient (Wildman–Crippen LogP) is 29.5. The van der Waals surface area contributed by atoms with Gasteiger partial charge in [-0.2, -0.15) is 5.26 Å². The summed E-state index contributed by atoms with van der Waals surface area (Å²) in [6, 6.07) is 151. The van der Waals surface area contributed by atoms with E-state index in [-0.39, 0.29) is 0 Å². The van der Waals surface area contributed by atoms with Gasteiger partial charge in [-0.15, -0.1) is 0 Å². The molecule has 0 atom stereocenters. The maximum atomic E-state index is 12.6. The third-order valence-electron chi connectivity index (χ3n) is 23.6. The Labute approximate surface area is 670 Å². The normalized spacial score (nSPS) is 11.6. The molecule has 4 heterocycles. The first-order valence-electron chi connectivity index (χ1n) is 39.4. The highest BCUT2D eigenvalue weighted by Crippen LogP contribution is 2.50. The van der Waals surface area contributed by atoms with E-state index in [1.165, 1.54) is 0 Å². The molecule has 6 nitrogen and oxygen atoms in total. The maximum Gasteiger partial charge on any atom is 0.211 e. The molecule has 116 heavy (non-hydrogen) atoms. The molecule has 22 aromatic rings. The minimum Gasteiger partial charge on any atom is -0.319 e. The van der Waals surface area contributed by atoms with Crippen LogP contribution in [0.2, 0.25) is 0 Å². The summed E-state index contributed by atoms with van der Waals surface area (Å²) in [6.07, 6.45) is 0. The Hall–Kier alpha value is -15.9. The van der Waals surface area contributed by atoms with Crippen molar-refractivity contribution in [3.05, 3.63) is 429 Å². The van der Waals surface area contributed by atoms with Crippen LogP contribution in [0.3, 0.4) is 0 Å². The molecular weight excluding hydrogens is 1410 g/mol. The van der Waals surface area contributed by atoms with E-state index in [0.717, 1.165) is 199 Å². The first kappa shape index (κ1) is 67.1. The summed E-state index contributed by atoms with van der Waals surface area (Å²) >= 11 is 0. The topological polar surface area (TPSA) is 47.9 Å². The van der Waals surface area contributed by atoms with Gasteiger partial charge in [0.05, 0.1) is 79.0 Å². The summed E-state index contributed by atoms with van der Waals surface area (Å²) in [5.41, 5.74) is 30.8. The summed E-state index contributed by atoms with van der Waals surface area (Å²) in [4.78, 5) is 4.73. The monoisotopic (exact) mass is 1470 g/mol. The molecule has 22 rings (SSSR count). The Morgan fingerprint density at radius 3 is 0.586 bits per heavy atom. The standard InChI is InChI=1S/C110H68N6/c1-112-98-67-97(109(115-103-54-46-83(75-34-18-6-19-35-75)62-92(103)93-63-84(47-55-104(93)115)76-36-20-7-21-37-76)69-110(98)116-105-56-48-85(77-38-22-8-23-39-77)64-94(105)95-65-86(49-57-106(95)116)78-40-24-9-25-41-78)96-66-87(70-111)107(113-99-50-42-79(71-26-10-2-11-27-71)58-88(99)89-59-80(43-51-100(89)113)72-28-12-3-13-29-72)68-108(96)114-101-52-44-81(73-30-14-4-15-31-73)60-90(101)91-61-82(45-53-102(91)114)74-32-16-5-17-33-74/h2-69H.